The van der Waals surface area contributed by atoms with Crippen molar-refractivity contribution in [2.75, 3.05) is 18.0 Å². The first kappa shape index (κ1) is 13.3. The van der Waals surface area contributed by atoms with E-state index >= 15 is 0 Å². The van der Waals surface area contributed by atoms with Crippen LogP contribution in [0.3, 0.4) is 0 Å². The second kappa shape index (κ2) is 6.19. The van der Waals surface area contributed by atoms with E-state index < -0.39 is 0 Å². The van der Waals surface area contributed by atoms with E-state index in [-0.39, 0.29) is 5.82 Å². The van der Waals surface area contributed by atoms with Gasteiger partial charge in [-0.1, -0.05) is 18.9 Å². The topological polar surface area (TPSA) is 29.3 Å². The smallest absolute Gasteiger partial charge is 0.125 e. The minimum Gasteiger partial charge on any atom is -0.367 e. The van der Waals surface area contributed by atoms with Crippen LogP contribution in [0.25, 0.3) is 0 Å². The Kier molecular flexibility index (Phi) is 4.59. The van der Waals surface area contributed by atoms with Gasteiger partial charge in [0.15, 0.2) is 0 Å². The third-order valence-electron chi connectivity index (χ3n) is 4.07. The second-order valence-electron chi connectivity index (χ2n) is 5.11. The Bertz CT molecular complexity index is 375. The number of halogens is 1. The molecule has 1 saturated carbocycles. The molecule has 1 aliphatic rings. The normalized spacial score (nSPS) is 17.9. The molecule has 0 bridgehead atoms. The molecule has 3 heteroatoms. The molecule has 0 radical (unpaired) electrons. The number of hydrogen-bond acceptors (Lipinski definition) is 2. The molecule has 100 valence electrons. The van der Waals surface area contributed by atoms with Gasteiger partial charge < -0.3 is 10.6 Å². The van der Waals surface area contributed by atoms with Crippen molar-refractivity contribution in [3.63, 3.8) is 0 Å². The number of likely N-dealkylation sites (N-methyl/N-ethyl adjacent to an activating group) is 1. The van der Waals surface area contributed by atoms with Gasteiger partial charge in [0.25, 0.3) is 0 Å². The molecule has 1 aliphatic carbocycles. The molecule has 2 nitrogen and oxygen atoms in total. The number of nitrogens with two attached hydrogens (primary N) is 1. The summed E-state index contributed by atoms with van der Waals surface area (Å²) < 4.78 is 13.4. The van der Waals surface area contributed by atoms with Crippen LogP contribution in [0, 0.1) is 11.7 Å². The van der Waals surface area contributed by atoms with Crippen molar-refractivity contribution >= 4 is 5.69 Å². The Labute approximate surface area is 109 Å². The van der Waals surface area contributed by atoms with Crippen LogP contribution in [0.4, 0.5) is 10.1 Å². The number of hydrogen-bond donors (Lipinski definition) is 1. The molecule has 0 aliphatic heterocycles. The van der Waals surface area contributed by atoms with Crippen molar-refractivity contribution in [1.29, 1.82) is 0 Å². The maximum absolute atomic E-state index is 13.4. The lowest BCUT2D eigenvalue weighted by Gasteiger charge is -2.36. The van der Waals surface area contributed by atoms with Gasteiger partial charge in [-0.3, -0.25) is 0 Å². The molecule has 0 amide bonds. The molecule has 0 saturated heterocycles. The van der Waals surface area contributed by atoms with Crippen molar-refractivity contribution in [1.82, 2.24) is 0 Å². The lowest BCUT2D eigenvalue weighted by Crippen LogP contribution is -2.45. The van der Waals surface area contributed by atoms with E-state index in [4.69, 9.17) is 5.73 Å². The van der Waals surface area contributed by atoms with Gasteiger partial charge in [0.05, 0.1) is 0 Å². The van der Waals surface area contributed by atoms with Gasteiger partial charge in [-0.25, -0.2) is 4.39 Å². The van der Waals surface area contributed by atoms with Gasteiger partial charge in [0, 0.05) is 24.8 Å². The van der Waals surface area contributed by atoms with Gasteiger partial charge in [-0.05, 0) is 43.9 Å². The van der Waals surface area contributed by atoms with Crippen molar-refractivity contribution in [3.8, 4) is 0 Å². The fourth-order valence-electron chi connectivity index (χ4n) is 3.18. The predicted octanol–water partition coefficient (Wildman–Crippen LogP) is 3.17. The van der Waals surface area contributed by atoms with Gasteiger partial charge in [0.2, 0.25) is 0 Å². The predicted molar refractivity (Wildman–Crippen MR) is 74.2 cm³/mol. The third-order valence-corrected chi connectivity index (χ3v) is 4.07. The summed E-state index contributed by atoms with van der Waals surface area (Å²) in [6.45, 7) is 3.64. The summed E-state index contributed by atoms with van der Waals surface area (Å²) in [7, 11) is 0. The Morgan fingerprint density at radius 2 is 2.11 bits per heavy atom. The van der Waals surface area contributed by atoms with Crippen LogP contribution in [0.15, 0.2) is 24.3 Å². The van der Waals surface area contributed by atoms with Crippen LogP contribution in [-0.2, 0) is 0 Å². The first-order valence-corrected chi connectivity index (χ1v) is 6.98. The summed E-state index contributed by atoms with van der Waals surface area (Å²) in [5, 5.41) is 0. The zero-order chi connectivity index (χ0) is 13.0. The van der Waals surface area contributed by atoms with E-state index in [2.05, 4.69) is 11.8 Å². The Morgan fingerprint density at radius 3 is 2.67 bits per heavy atom. The quantitative estimate of drug-likeness (QED) is 0.869. The van der Waals surface area contributed by atoms with Gasteiger partial charge in [-0.15, -0.1) is 0 Å². The Morgan fingerprint density at radius 1 is 1.39 bits per heavy atom. The lowest BCUT2D eigenvalue weighted by molar-refractivity contribution is 0.412. The van der Waals surface area contributed by atoms with Gasteiger partial charge in [0.1, 0.15) is 5.82 Å². The van der Waals surface area contributed by atoms with Crippen molar-refractivity contribution < 1.29 is 4.39 Å². The van der Waals surface area contributed by atoms with Crippen molar-refractivity contribution in [3.05, 3.63) is 30.1 Å². The molecule has 0 spiro atoms. The highest BCUT2D eigenvalue weighted by Gasteiger charge is 2.28. The summed E-state index contributed by atoms with van der Waals surface area (Å²) in [5.41, 5.74) is 6.93. The minimum atomic E-state index is -0.173. The largest absolute Gasteiger partial charge is 0.367 e. The summed E-state index contributed by atoms with van der Waals surface area (Å²) in [6.07, 6.45) is 5.13. The molecule has 2 rings (SSSR count). The molecule has 0 aromatic heterocycles. The fraction of sp³-hybridized carbons (Fsp3) is 0.600. The summed E-state index contributed by atoms with van der Waals surface area (Å²) in [6, 6.07) is 7.20. The Balaban J connectivity index is 2.19. The molecular formula is C15H23FN2. The fourth-order valence-corrected chi connectivity index (χ4v) is 3.18. The number of rotatable bonds is 5. The monoisotopic (exact) mass is 250 g/mol. The third kappa shape index (κ3) is 2.83. The first-order valence-electron chi connectivity index (χ1n) is 6.98. The molecule has 1 unspecified atom stereocenters. The first-order chi connectivity index (χ1) is 8.76. The molecule has 1 fully saturated rings. The SMILES string of the molecule is CCN(c1cccc(F)c1)C(CN)C1CCCC1. The molecule has 0 heterocycles. The molecule has 18 heavy (non-hydrogen) atoms. The van der Waals surface area contributed by atoms with Crippen molar-refractivity contribution in [2.24, 2.45) is 11.7 Å². The van der Waals surface area contributed by atoms with E-state index in [1.165, 1.54) is 31.7 Å². The average Bonchev–Trinajstić information content (AvgIpc) is 2.89. The van der Waals surface area contributed by atoms with Crippen LogP contribution >= 0.6 is 0 Å². The van der Waals surface area contributed by atoms with Crippen LogP contribution in [-0.4, -0.2) is 19.1 Å². The van der Waals surface area contributed by atoms with E-state index in [0.29, 0.717) is 18.5 Å². The lowest BCUT2D eigenvalue weighted by atomic mass is 9.96. The van der Waals surface area contributed by atoms with E-state index in [0.717, 1.165) is 12.2 Å². The number of anilines is 1. The zero-order valence-corrected chi connectivity index (χ0v) is 11.1. The molecule has 2 N–H and O–H groups in total. The van der Waals surface area contributed by atoms with E-state index in [1.54, 1.807) is 12.1 Å². The Hall–Kier alpha value is -1.09. The molecule has 1 atom stereocenters. The van der Waals surface area contributed by atoms with Crippen LogP contribution in [0.5, 0.6) is 0 Å². The highest BCUT2D eigenvalue weighted by Crippen LogP contribution is 2.32. The minimum absolute atomic E-state index is 0.173. The van der Waals surface area contributed by atoms with Gasteiger partial charge in [-0.2, -0.15) is 0 Å². The summed E-state index contributed by atoms with van der Waals surface area (Å²) >= 11 is 0. The number of nitrogens with zero attached hydrogens (tertiary/aromatic N) is 1. The van der Waals surface area contributed by atoms with Crippen LogP contribution in [0.2, 0.25) is 0 Å². The maximum atomic E-state index is 13.4. The average molecular weight is 250 g/mol. The van der Waals surface area contributed by atoms with Crippen LogP contribution in [0.1, 0.15) is 32.6 Å². The highest BCUT2D eigenvalue weighted by molar-refractivity contribution is 5.47. The molecule has 1 aromatic carbocycles. The van der Waals surface area contributed by atoms with Gasteiger partial charge >= 0.3 is 0 Å². The molecule has 1 aromatic rings. The highest BCUT2D eigenvalue weighted by atomic mass is 19.1. The zero-order valence-electron chi connectivity index (χ0n) is 11.1. The van der Waals surface area contributed by atoms with E-state index in [1.807, 2.05) is 6.07 Å². The number of benzene rings is 1. The maximum Gasteiger partial charge on any atom is 0.125 e. The summed E-state index contributed by atoms with van der Waals surface area (Å²) in [5.74, 6) is 0.492. The molecular weight excluding hydrogens is 227 g/mol. The standard InChI is InChI=1S/C15H23FN2/c1-2-18(14-9-5-8-13(16)10-14)15(11-17)12-6-3-4-7-12/h5,8-10,12,15H,2-4,6-7,11,17H2,1H3. The second-order valence-corrected chi connectivity index (χ2v) is 5.11. The summed E-state index contributed by atoms with van der Waals surface area (Å²) in [4.78, 5) is 2.26. The van der Waals surface area contributed by atoms with Crippen LogP contribution < -0.4 is 10.6 Å². The van der Waals surface area contributed by atoms with E-state index in [9.17, 15) is 4.39 Å². The van der Waals surface area contributed by atoms with Crippen molar-refractivity contribution in [2.45, 2.75) is 38.6 Å².